The highest BCUT2D eigenvalue weighted by Gasteiger charge is 2.67. The van der Waals surface area contributed by atoms with Gasteiger partial charge in [0, 0.05) is 12.3 Å². The number of nitrogens with one attached hydrogen (secondary N) is 1. The molecule has 3 heterocycles. The molecule has 0 radical (unpaired) electrons. The minimum absolute atomic E-state index is 0.00352. The number of rotatable bonds is 2. The van der Waals surface area contributed by atoms with Crippen LogP contribution in [0.4, 0.5) is 13.2 Å². The maximum atomic E-state index is 13.4. The summed E-state index contributed by atoms with van der Waals surface area (Å²) in [5, 5.41) is 3.33. The molecule has 1 atom stereocenters. The second-order valence-electron chi connectivity index (χ2n) is 4.34. The molecule has 5 nitrogen and oxygen atoms in total. The molecule has 0 aliphatic carbocycles. The number of thioether (sulfide) groups is 1. The number of hydrogen-bond acceptors (Lipinski definition) is 5. The topological polar surface area (TPSA) is 61.8 Å². The van der Waals surface area contributed by atoms with Crippen LogP contribution >= 0.6 is 23.1 Å². The maximum Gasteiger partial charge on any atom is 0.442 e. The number of nitrogens with zero attached hydrogens (tertiary/aromatic N) is 2. The van der Waals surface area contributed by atoms with Gasteiger partial charge in [-0.1, -0.05) is 17.8 Å². The van der Waals surface area contributed by atoms with Crippen molar-refractivity contribution in [2.75, 3.05) is 12.3 Å². The number of alkyl halides is 3. The fourth-order valence-electron chi connectivity index (χ4n) is 2.04. The van der Waals surface area contributed by atoms with Crippen molar-refractivity contribution in [3.63, 3.8) is 0 Å². The summed E-state index contributed by atoms with van der Waals surface area (Å²) in [6.07, 6.45) is -5.01. The third-order valence-corrected chi connectivity index (χ3v) is 4.87. The number of carbonyl (C=O) groups excluding carboxylic acids is 2. The minimum atomic E-state index is -5.01. The van der Waals surface area contributed by atoms with Gasteiger partial charge in [0.05, 0.1) is 4.88 Å². The Morgan fingerprint density at radius 3 is 2.81 bits per heavy atom. The van der Waals surface area contributed by atoms with E-state index in [1.807, 2.05) is 0 Å². The summed E-state index contributed by atoms with van der Waals surface area (Å²) in [4.78, 5) is 28.6. The number of fused-ring (bicyclic) bond motifs is 1. The molecule has 0 unspecified atom stereocenters. The van der Waals surface area contributed by atoms with Gasteiger partial charge in [-0.05, 0) is 11.4 Å². The van der Waals surface area contributed by atoms with Crippen LogP contribution < -0.4 is 5.32 Å². The van der Waals surface area contributed by atoms with Crippen LogP contribution in [0.15, 0.2) is 22.5 Å². The molecule has 2 aliphatic heterocycles. The second kappa shape index (κ2) is 4.73. The number of thiophene rings is 1. The van der Waals surface area contributed by atoms with Crippen molar-refractivity contribution in [1.29, 1.82) is 0 Å². The van der Waals surface area contributed by atoms with Crippen LogP contribution in [-0.4, -0.2) is 46.0 Å². The van der Waals surface area contributed by atoms with E-state index in [9.17, 15) is 22.8 Å². The van der Waals surface area contributed by atoms with Crippen molar-refractivity contribution in [3.8, 4) is 0 Å². The lowest BCUT2D eigenvalue weighted by molar-refractivity contribution is -0.196. The largest absolute Gasteiger partial charge is 0.442 e. The molecule has 1 aromatic heterocycles. The molecule has 2 amide bonds. The lowest BCUT2D eigenvalue weighted by Gasteiger charge is -2.28. The van der Waals surface area contributed by atoms with Gasteiger partial charge in [-0.3, -0.25) is 14.5 Å². The Hall–Kier alpha value is -1.55. The van der Waals surface area contributed by atoms with Crippen LogP contribution in [-0.2, 0) is 4.79 Å². The van der Waals surface area contributed by atoms with Gasteiger partial charge in [0.25, 0.3) is 11.8 Å². The van der Waals surface area contributed by atoms with Gasteiger partial charge in [0.15, 0.2) is 5.17 Å². The van der Waals surface area contributed by atoms with E-state index in [4.69, 9.17) is 0 Å². The molecule has 112 valence electrons. The molecule has 1 saturated heterocycles. The molecule has 0 saturated carbocycles. The Kier molecular flexibility index (Phi) is 3.24. The zero-order valence-corrected chi connectivity index (χ0v) is 11.9. The van der Waals surface area contributed by atoms with Crippen molar-refractivity contribution in [1.82, 2.24) is 10.2 Å². The van der Waals surface area contributed by atoms with Crippen molar-refractivity contribution < 1.29 is 22.8 Å². The van der Waals surface area contributed by atoms with E-state index in [2.05, 4.69) is 4.99 Å². The molecule has 0 bridgehead atoms. The lowest BCUT2D eigenvalue weighted by Crippen LogP contribution is -2.63. The Morgan fingerprint density at radius 2 is 2.24 bits per heavy atom. The lowest BCUT2D eigenvalue weighted by atomic mass is 10.1. The first kappa shape index (κ1) is 14.4. The molecule has 10 heteroatoms. The highest BCUT2D eigenvalue weighted by Crippen LogP contribution is 2.41. The molecule has 3 rings (SSSR count). The number of amides is 2. The first-order valence-electron chi connectivity index (χ1n) is 5.82. The van der Waals surface area contributed by atoms with Crippen LogP contribution in [0.5, 0.6) is 0 Å². The zero-order valence-electron chi connectivity index (χ0n) is 10.3. The van der Waals surface area contributed by atoms with Gasteiger partial charge < -0.3 is 5.32 Å². The van der Waals surface area contributed by atoms with Gasteiger partial charge in [0.1, 0.15) is 0 Å². The smallest absolute Gasteiger partial charge is 0.311 e. The summed E-state index contributed by atoms with van der Waals surface area (Å²) in [6, 6.07) is 2.92. The molecule has 21 heavy (non-hydrogen) atoms. The summed E-state index contributed by atoms with van der Waals surface area (Å²) in [6.45, 7) is 0.162. The van der Waals surface area contributed by atoms with Gasteiger partial charge in [-0.25, -0.2) is 4.99 Å². The molecule has 1 fully saturated rings. The van der Waals surface area contributed by atoms with E-state index in [1.54, 1.807) is 10.7 Å². The van der Waals surface area contributed by atoms with Crippen LogP contribution in [0.25, 0.3) is 0 Å². The molecule has 1 N–H and O–H groups in total. The first-order valence-corrected chi connectivity index (χ1v) is 7.69. The minimum Gasteiger partial charge on any atom is -0.311 e. The fourth-order valence-corrected chi connectivity index (χ4v) is 3.65. The van der Waals surface area contributed by atoms with Gasteiger partial charge in [-0.2, -0.15) is 13.2 Å². The predicted octanol–water partition coefficient (Wildman–Crippen LogP) is 1.68. The Labute approximate surface area is 125 Å². The fraction of sp³-hybridized carbons (Fsp3) is 0.364. The molecule has 2 aliphatic rings. The molecular weight excluding hydrogens is 327 g/mol. The van der Waals surface area contributed by atoms with Gasteiger partial charge in [0.2, 0.25) is 0 Å². The number of amidine groups is 1. The number of hydrogen-bond donors (Lipinski definition) is 1. The molecule has 0 aromatic carbocycles. The van der Waals surface area contributed by atoms with E-state index < -0.39 is 23.7 Å². The summed E-state index contributed by atoms with van der Waals surface area (Å²) >= 11 is 2.05. The maximum absolute atomic E-state index is 13.4. The van der Waals surface area contributed by atoms with E-state index in [1.165, 1.54) is 12.1 Å². The third-order valence-electron chi connectivity index (χ3n) is 3.04. The van der Waals surface area contributed by atoms with Gasteiger partial charge in [-0.15, -0.1) is 11.3 Å². The van der Waals surface area contributed by atoms with Crippen LogP contribution in [0.2, 0.25) is 0 Å². The Balaban J connectivity index is 1.98. The Bertz CT molecular complexity index is 629. The highest BCUT2D eigenvalue weighted by molar-refractivity contribution is 8.14. The average molecular weight is 335 g/mol. The predicted molar refractivity (Wildman–Crippen MR) is 72.2 cm³/mol. The van der Waals surface area contributed by atoms with Crippen molar-refractivity contribution >= 4 is 40.1 Å². The van der Waals surface area contributed by atoms with E-state index in [0.717, 1.165) is 28.0 Å². The van der Waals surface area contributed by atoms with E-state index >= 15 is 0 Å². The van der Waals surface area contributed by atoms with Gasteiger partial charge >= 0.3 is 11.8 Å². The molecule has 0 spiro atoms. The van der Waals surface area contributed by atoms with Crippen LogP contribution in [0.1, 0.15) is 9.67 Å². The summed E-state index contributed by atoms with van der Waals surface area (Å²) < 4.78 is 40.2. The number of aliphatic imine (C=N–C) groups is 1. The Morgan fingerprint density at radius 1 is 1.48 bits per heavy atom. The zero-order chi connectivity index (χ0) is 15.3. The summed E-state index contributed by atoms with van der Waals surface area (Å²) in [5.41, 5.74) is -3.21. The summed E-state index contributed by atoms with van der Waals surface area (Å²) in [5.74, 6) is -1.72. The highest BCUT2D eigenvalue weighted by atomic mass is 32.2. The SMILES string of the molecule is O=C(N[C@@]1(C(F)(F)F)N=C2SCCN2C1=O)c1cccs1. The quantitative estimate of drug-likeness (QED) is 0.894. The monoisotopic (exact) mass is 335 g/mol. The van der Waals surface area contributed by atoms with Crippen molar-refractivity contribution in [2.24, 2.45) is 4.99 Å². The second-order valence-corrected chi connectivity index (χ2v) is 6.35. The van der Waals surface area contributed by atoms with Crippen LogP contribution in [0.3, 0.4) is 0 Å². The summed E-state index contributed by atoms with van der Waals surface area (Å²) in [7, 11) is 0. The van der Waals surface area contributed by atoms with Crippen molar-refractivity contribution in [3.05, 3.63) is 22.4 Å². The molecular formula is C11H8F3N3O2S2. The van der Waals surface area contributed by atoms with E-state index in [-0.39, 0.29) is 16.6 Å². The van der Waals surface area contributed by atoms with E-state index in [0.29, 0.717) is 5.75 Å². The molecule has 1 aromatic rings. The average Bonchev–Trinajstić information content (AvgIpc) is 3.08. The first-order chi connectivity index (χ1) is 9.85. The third kappa shape index (κ3) is 2.13. The van der Waals surface area contributed by atoms with Crippen molar-refractivity contribution in [2.45, 2.75) is 11.8 Å². The number of carbonyl (C=O) groups is 2. The standard InChI is InChI=1S/C11H8F3N3O2S2/c12-11(13,14)10(15-7(18)6-2-1-4-20-6)8(19)17-3-5-21-9(17)16-10/h1-2,4H,3,5H2,(H,15,18)/t10-/m1/s1. The number of halogens is 3. The van der Waals surface area contributed by atoms with Crippen LogP contribution in [0, 0.1) is 0 Å². The normalized spacial score (nSPS) is 25.0.